The molecular weight excluding hydrogens is 272 g/mol. The number of carboxylic acids is 1. The first-order valence-electron chi connectivity index (χ1n) is 6.63. The van der Waals surface area contributed by atoms with Gasteiger partial charge in [0.2, 0.25) is 5.91 Å². The van der Waals surface area contributed by atoms with Crippen molar-refractivity contribution in [2.75, 3.05) is 6.54 Å². The first-order chi connectivity index (χ1) is 9.87. The molecule has 6 nitrogen and oxygen atoms in total. The molecule has 21 heavy (non-hydrogen) atoms. The van der Waals surface area contributed by atoms with Crippen molar-refractivity contribution in [1.29, 1.82) is 0 Å². The van der Waals surface area contributed by atoms with E-state index in [2.05, 4.69) is 10.3 Å². The van der Waals surface area contributed by atoms with Gasteiger partial charge in [-0.2, -0.15) is 0 Å². The standard InChI is InChI=1S/C15H18N2O4/c1-15(21,7-14(19)20)9-17-13(18)6-10-8-16-12-5-3-2-4-11(10)12/h2-5,8,16,21H,6-7,9H2,1H3,(H,17,18)(H,19,20). The number of nitrogens with one attached hydrogen (secondary N) is 2. The molecule has 1 aromatic carbocycles. The maximum atomic E-state index is 11.9. The van der Waals surface area contributed by atoms with Gasteiger partial charge in [0.25, 0.3) is 0 Å². The summed E-state index contributed by atoms with van der Waals surface area (Å²) < 4.78 is 0. The van der Waals surface area contributed by atoms with Crippen LogP contribution in [0.5, 0.6) is 0 Å². The third-order valence-corrected chi connectivity index (χ3v) is 3.22. The summed E-state index contributed by atoms with van der Waals surface area (Å²) in [7, 11) is 0. The van der Waals surface area contributed by atoms with Gasteiger partial charge in [-0.1, -0.05) is 18.2 Å². The van der Waals surface area contributed by atoms with Crippen LogP contribution in [0.15, 0.2) is 30.5 Å². The second-order valence-corrected chi connectivity index (χ2v) is 5.38. The van der Waals surface area contributed by atoms with Crippen LogP contribution in [0.2, 0.25) is 0 Å². The molecule has 6 heteroatoms. The van der Waals surface area contributed by atoms with Gasteiger partial charge >= 0.3 is 5.97 Å². The van der Waals surface area contributed by atoms with Crippen LogP contribution in [0.3, 0.4) is 0 Å². The van der Waals surface area contributed by atoms with Crippen LogP contribution < -0.4 is 5.32 Å². The second-order valence-electron chi connectivity index (χ2n) is 5.38. The Morgan fingerprint density at radius 1 is 1.33 bits per heavy atom. The molecule has 0 aliphatic rings. The summed E-state index contributed by atoms with van der Waals surface area (Å²) in [5.74, 6) is -1.36. The highest BCUT2D eigenvalue weighted by Crippen LogP contribution is 2.18. The van der Waals surface area contributed by atoms with Gasteiger partial charge in [0.05, 0.1) is 18.4 Å². The van der Waals surface area contributed by atoms with Crippen LogP contribution in [-0.4, -0.2) is 39.2 Å². The predicted octanol–water partition coefficient (Wildman–Crippen LogP) is 1.05. The molecule has 1 amide bonds. The Morgan fingerprint density at radius 3 is 2.76 bits per heavy atom. The molecule has 1 heterocycles. The van der Waals surface area contributed by atoms with E-state index < -0.39 is 18.0 Å². The third kappa shape index (κ3) is 4.06. The van der Waals surface area contributed by atoms with Crippen molar-refractivity contribution in [3.63, 3.8) is 0 Å². The first-order valence-corrected chi connectivity index (χ1v) is 6.63. The first kappa shape index (κ1) is 15.1. The quantitative estimate of drug-likeness (QED) is 0.638. The predicted molar refractivity (Wildman–Crippen MR) is 77.9 cm³/mol. The van der Waals surface area contributed by atoms with Crippen molar-refractivity contribution in [3.05, 3.63) is 36.0 Å². The van der Waals surface area contributed by atoms with E-state index in [9.17, 15) is 14.7 Å². The Morgan fingerprint density at radius 2 is 2.05 bits per heavy atom. The minimum absolute atomic E-state index is 0.0967. The van der Waals surface area contributed by atoms with Gasteiger partial charge in [0, 0.05) is 23.6 Å². The molecule has 1 aromatic heterocycles. The minimum Gasteiger partial charge on any atom is -0.481 e. The number of hydrogen-bond acceptors (Lipinski definition) is 3. The van der Waals surface area contributed by atoms with Gasteiger partial charge < -0.3 is 20.5 Å². The summed E-state index contributed by atoms with van der Waals surface area (Å²) in [6.07, 6.45) is 1.53. The highest BCUT2D eigenvalue weighted by Gasteiger charge is 2.24. The smallest absolute Gasteiger partial charge is 0.306 e. The van der Waals surface area contributed by atoms with Gasteiger partial charge in [-0.05, 0) is 18.6 Å². The molecule has 0 saturated heterocycles. The molecule has 0 aliphatic heterocycles. The second kappa shape index (κ2) is 5.97. The zero-order chi connectivity index (χ0) is 15.5. The van der Waals surface area contributed by atoms with Crippen molar-refractivity contribution in [3.8, 4) is 0 Å². The average Bonchev–Trinajstić information content (AvgIpc) is 2.79. The molecule has 1 atom stereocenters. The van der Waals surface area contributed by atoms with Crippen LogP contribution in [0.4, 0.5) is 0 Å². The normalized spacial score (nSPS) is 13.8. The lowest BCUT2D eigenvalue weighted by Gasteiger charge is -2.21. The van der Waals surface area contributed by atoms with E-state index in [1.54, 1.807) is 6.20 Å². The summed E-state index contributed by atoms with van der Waals surface area (Å²) >= 11 is 0. The highest BCUT2D eigenvalue weighted by atomic mass is 16.4. The molecule has 112 valence electrons. The average molecular weight is 290 g/mol. The van der Waals surface area contributed by atoms with Crippen molar-refractivity contribution in [2.45, 2.75) is 25.4 Å². The van der Waals surface area contributed by atoms with Crippen LogP contribution in [-0.2, 0) is 16.0 Å². The molecule has 4 N–H and O–H groups in total. The number of carbonyl (C=O) groups is 2. The van der Waals surface area contributed by atoms with Crippen LogP contribution in [0.1, 0.15) is 18.9 Å². The molecule has 0 saturated carbocycles. The summed E-state index contributed by atoms with van der Waals surface area (Å²) in [6.45, 7) is 1.29. The molecule has 1 unspecified atom stereocenters. The number of carboxylic acid groups (broad SMARTS) is 1. The van der Waals surface area contributed by atoms with Crippen LogP contribution in [0.25, 0.3) is 10.9 Å². The third-order valence-electron chi connectivity index (χ3n) is 3.22. The summed E-state index contributed by atoms with van der Waals surface area (Å²) in [5.41, 5.74) is 0.362. The van der Waals surface area contributed by atoms with Crippen LogP contribution in [0, 0.1) is 0 Å². The van der Waals surface area contributed by atoms with E-state index >= 15 is 0 Å². The molecule has 0 radical (unpaired) electrons. The Balaban J connectivity index is 1.95. The molecule has 2 aromatic rings. The Kier molecular flexibility index (Phi) is 4.28. The number of aromatic amines is 1. The zero-order valence-corrected chi connectivity index (χ0v) is 11.7. The number of amides is 1. The largest absolute Gasteiger partial charge is 0.481 e. The van der Waals surface area contributed by atoms with Gasteiger partial charge in [-0.3, -0.25) is 9.59 Å². The Hall–Kier alpha value is -2.34. The van der Waals surface area contributed by atoms with Crippen molar-refractivity contribution < 1.29 is 19.8 Å². The monoisotopic (exact) mass is 290 g/mol. The summed E-state index contributed by atoms with van der Waals surface area (Å²) in [5, 5.41) is 22.0. The lowest BCUT2D eigenvalue weighted by molar-refractivity contribution is -0.142. The fourth-order valence-electron chi connectivity index (χ4n) is 2.19. The molecule has 0 fully saturated rings. The number of fused-ring (bicyclic) bond motifs is 1. The van der Waals surface area contributed by atoms with E-state index in [1.807, 2.05) is 24.3 Å². The number of benzene rings is 1. The number of aliphatic hydroxyl groups is 1. The number of aliphatic carboxylic acids is 1. The number of carbonyl (C=O) groups excluding carboxylic acids is 1. The molecule has 0 spiro atoms. The topological polar surface area (TPSA) is 102 Å². The van der Waals surface area contributed by atoms with E-state index in [0.717, 1.165) is 16.5 Å². The summed E-state index contributed by atoms with van der Waals surface area (Å²) in [4.78, 5) is 25.6. The SMILES string of the molecule is CC(O)(CNC(=O)Cc1c[nH]c2ccccc12)CC(=O)O. The van der Waals surface area contributed by atoms with E-state index in [1.165, 1.54) is 6.92 Å². The van der Waals surface area contributed by atoms with Crippen LogP contribution >= 0.6 is 0 Å². The number of para-hydroxylation sites is 1. The Labute approximate surface area is 121 Å². The van der Waals surface area contributed by atoms with Gasteiger partial charge in [-0.25, -0.2) is 0 Å². The fourth-order valence-corrected chi connectivity index (χ4v) is 2.19. The van der Waals surface area contributed by atoms with E-state index in [-0.39, 0.29) is 18.9 Å². The number of H-pyrrole nitrogens is 1. The number of rotatable bonds is 6. The van der Waals surface area contributed by atoms with Gasteiger partial charge in [0.1, 0.15) is 0 Å². The van der Waals surface area contributed by atoms with Crippen molar-refractivity contribution in [1.82, 2.24) is 10.3 Å². The van der Waals surface area contributed by atoms with Crippen molar-refractivity contribution >= 4 is 22.8 Å². The van der Waals surface area contributed by atoms with Gasteiger partial charge in [-0.15, -0.1) is 0 Å². The molecular formula is C15H18N2O4. The number of hydrogen-bond donors (Lipinski definition) is 4. The fraction of sp³-hybridized carbons (Fsp3) is 0.333. The molecule has 0 bridgehead atoms. The zero-order valence-electron chi connectivity index (χ0n) is 11.7. The van der Waals surface area contributed by atoms with Crippen molar-refractivity contribution in [2.24, 2.45) is 0 Å². The van der Waals surface area contributed by atoms with Gasteiger partial charge in [0.15, 0.2) is 0 Å². The lowest BCUT2D eigenvalue weighted by atomic mass is 10.0. The molecule has 2 rings (SSSR count). The minimum atomic E-state index is -1.46. The Bertz CT molecular complexity index is 660. The van der Waals surface area contributed by atoms with E-state index in [4.69, 9.17) is 5.11 Å². The summed E-state index contributed by atoms with van der Waals surface area (Å²) in [6, 6.07) is 7.66. The number of aromatic nitrogens is 1. The maximum absolute atomic E-state index is 11.9. The lowest BCUT2D eigenvalue weighted by Crippen LogP contribution is -2.42. The van der Waals surface area contributed by atoms with E-state index in [0.29, 0.717) is 0 Å². The highest BCUT2D eigenvalue weighted by molar-refractivity contribution is 5.88. The maximum Gasteiger partial charge on any atom is 0.306 e. The molecule has 0 aliphatic carbocycles.